The fraction of sp³-hybridized carbons (Fsp3) is 0.381. The summed E-state index contributed by atoms with van der Waals surface area (Å²) in [4.78, 5) is 27.1. The topological polar surface area (TPSA) is 67.8 Å². The van der Waals surface area contributed by atoms with Gasteiger partial charge in [-0.2, -0.15) is 0 Å². The number of rotatable bonds is 4. The Balaban J connectivity index is 1.64. The van der Waals surface area contributed by atoms with Crippen LogP contribution in [0, 0.1) is 19.7 Å². The van der Waals surface area contributed by atoms with E-state index in [1.165, 1.54) is 30.6 Å². The lowest BCUT2D eigenvalue weighted by Crippen LogP contribution is -2.47. The highest BCUT2D eigenvalue weighted by Crippen LogP contribution is 2.37. The molecule has 7 nitrogen and oxygen atoms in total. The number of ether oxygens (including phenoxy) is 2. The summed E-state index contributed by atoms with van der Waals surface area (Å²) in [5.74, 6) is 1.36. The molecule has 30 heavy (non-hydrogen) atoms. The average molecular weight is 431 g/mol. The van der Waals surface area contributed by atoms with Crippen LogP contribution in [0.1, 0.15) is 21.1 Å². The molecule has 0 atom stereocenters. The van der Waals surface area contributed by atoms with Crippen LogP contribution in [-0.2, 0) is 4.74 Å². The number of nitrogens with zero attached hydrogens (tertiary/aromatic N) is 4. The number of carbonyl (C=O) groups excluding carboxylic acids is 1. The first-order valence-electron chi connectivity index (χ1n) is 9.62. The number of aromatic nitrogens is 2. The van der Waals surface area contributed by atoms with Gasteiger partial charge in [0.15, 0.2) is 0 Å². The fourth-order valence-corrected chi connectivity index (χ4v) is 4.95. The Bertz CT molecular complexity index is 1110. The molecule has 0 radical (unpaired) electrons. The van der Waals surface area contributed by atoms with Crippen molar-refractivity contribution in [1.82, 2.24) is 9.97 Å². The number of thiophene rings is 1. The molecule has 0 saturated carbocycles. The van der Waals surface area contributed by atoms with Gasteiger partial charge in [0.05, 0.1) is 25.3 Å². The van der Waals surface area contributed by atoms with Gasteiger partial charge in [0.2, 0.25) is 0 Å². The molecule has 0 aliphatic carbocycles. The molecule has 1 fully saturated rings. The minimum Gasteiger partial charge on any atom is -0.494 e. The van der Waals surface area contributed by atoms with Gasteiger partial charge in [0.25, 0.3) is 0 Å². The van der Waals surface area contributed by atoms with Crippen LogP contribution >= 0.6 is 11.3 Å². The second-order valence-corrected chi connectivity index (χ2v) is 8.11. The third kappa shape index (κ3) is 3.54. The molecule has 3 heterocycles. The Hall–Kier alpha value is -2.94. The summed E-state index contributed by atoms with van der Waals surface area (Å²) in [5.41, 5.74) is 1.72. The molecule has 0 unspecified atom stereocenters. The van der Waals surface area contributed by atoms with Gasteiger partial charge >= 0.3 is 5.97 Å². The molecule has 0 amide bonds. The minimum absolute atomic E-state index is 0.317. The number of anilines is 2. The van der Waals surface area contributed by atoms with E-state index in [4.69, 9.17) is 14.5 Å². The van der Waals surface area contributed by atoms with Crippen molar-refractivity contribution in [3.05, 3.63) is 40.3 Å². The highest BCUT2D eigenvalue weighted by molar-refractivity contribution is 7.20. The molecule has 158 valence electrons. The second kappa shape index (κ2) is 8.06. The maximum absolute atomic E-state index is 13.5. The van der Waals surface area contributed by atoms with E-state index in [9.17, 15) is 9.18 Å². The van der Waals surface area contributed by atoms with E-state index in [2.05, 4.69) is 14.8 Å². The Morgan fingerprint density at radius 1 is 1.10 bits per heavy atom. The lowest BCUT2D eigenvalue weighted by molar-refractivity contribution is 0.0605. The number of aryl methyl sites for hydroxylation is 2. The van der Waals surface area contributed by atoms with E-state index in [1.54, 1.807) is 13.2 Å². The van der Waals surface area contributed by atoms with Crippen molar-refractivity contribution in [2.45, 2.75) is 13.8 Å². The normalized spacial score (nSPS) is 14.3. The first kappa shape index (κ1) is 20.3. The van der Waals surface area contributed by atoms with Crippen LogP contribution in [0.5, 0.6) is 5.75 Å². The highest BCUT2D eigenvalue weighted by Gasteiger charge is 2.26. The van der Waals surface area contributed by atoms with Crippen LogP contribution in [0.4, 0.5) is 15.9 Å². The summed E-state index contributed by atoms with van der Waals surface area (Å²) in [6.07, 6.45) is 0. The van der Waals surface area contributed by atoms with E-state index in [1.807, 2.05) is 13.8 Å². The van der Waals surface area contributed by atoms with Gasteiger partial charge in [0.1, 0.15) is 32.9 Å². The molecule has 0 spiro atoms. The number of hydrogen-bond acceptors (Lipinski definition) is 8. The number of hydrogen-bond donors (Lipinski definition) is 0. The number of benzene rings is 1. The molecular formula is C21H23FN4O3S. The Morgan fingerprint density at radius 3 is 2.47 bits per heavy atom. The van der Waals surface area contributed by atoms with Crippen molar-refractivity contribution in [2.24, 2.45) is 0 Å². The average Bonchev–Trinajstić information content (AvgIpc) is 3.08. The highest BCUT2D eigenvalue weighted by atomic mass is 32.1. The molecule has 0 bridgehead atoms. The molecule has 1 aliphatic heterocycles. The minimum atomic E-state index is -0.354. The molecular weight excluding hydrogens is 407 g/mol. The lowest BCUT2D eigenvalue weighted by atomic mass is 10.1. The summed E-state index contributed by atoms with van der Waals surface area (Å²) >= 11 is 1.34. The SMILES string of the molecule is COC(=O)c1sc2nc(C)nc(N3CCN(c4ccc(F)cc4OC)CC3)c2c1C. The van der Waals surface area contributed by atoms with Crippen molar-refractivity contribution in [3.8, 4) is 5.75 Å². The number of fused-ring (bicyclic) bond motifs is 1. The Labute approximate surface area is 178 Å². The number of halogens is 1. The molecule has 1 aromatic carbocycles. The van der Waals surface area contributed by atoms with Crippen LogP contribution in [0.2, 0.25) is 0 Å². The smallest absolute Gasteiger partial charge is 0.348 e. The van der Waals surface area contributed by atoms with E-state index in [0.29, 0.717) is 16.5 Å². The summed E-state index contributed by atoms with van der Waals surface area (Å²) in [6.45, 7) is 6.70. The number of piperazine rings is 1. The van der Waals surface area contributed by atoms with Crippen molar-refractivity contribution < 1.29 is 18.7 Å². The third-order valence-corrected chi connectivity index (χ3v) is 6.48. The summed E-state index contributed by atoms with van der Waals surface area (Å²) in [7, 11) is 2.93. The van der Waals surface area contributed by atoms with Crippen LogP contribution in [0.25, 0.3) is 10.2 Å². The predicted octanol–water partition coefficient (Wildman–Crippen LogP) is 3.57. The molecule has 4 rings (SSSR count). The van der Waals surface area contributed by atoms with Crippen LogP contribution in [0.3, 0.4) is 0 Å². The standard InChI is InChI=1S/C21H23FN4O3S/c1-12-17-19(23-13(2)24-20(17)30-18(12)21(27)29-4)26-9-7-25(8-10-26)15-6-5-14(22)11-16(15)28-3/h5-6,11H,7-10H2,1-4H3. The zero-order valence-corrected chi connectivity index (χ0v) is 18.2. The van der Waals surface area contributed by atoms with Gasteiger partial charge in [0, 0.05) is 32.2 Å². The van der Waals surface area contributed by atoms with Gasteiger partial charge in [-0.25, -0.2) is 19.2 Å². The Kier molecular flexibility index (Phi) is 5.46. The van der Waals surface area contributed by atoms with Gasteiger partial charge in [-0.15, -0.1) is 11.3 Å². The Morgan fingerprint density at radius 2 is 1.80 bits per heavy atom. The first-order valence-corrected chi connectivity index (χ1v) is 10.4. The largest absolute Gasteiger partial charge is 0.494 e. The zero-order chi connectivity index (χ0) is 21.4. The van der Waals surface area contributed by atoms with Gasteiger partial charge in [-0.3, -0.25) is 0 Å². The van der Waals surface area contributed by atoms with Crippen molar-refractivity contribution in [3.63, 3.8) is 0 Å². The molecule has 1 aliphatic rings. The van der Waals surface area contributed by atoms with Gasteiger partial charge < -0.3 is 19.3 Å². The molecule has 1 saturated heterocycles. The monoisotopic (exact) mass is 430 g/mol. The summed E-state index contributed by atoms with van der Waals surface area (Å²) in [5, 5.41) is 0.902. The van der Waals surface area contributed by atoms with Crippen LogP contribution < -0.4 is 14.5 Å². The number of esters is 1. The molecule has 2 aromatic heterocycles. The first-order chi connectivity index (χ1) is 14.4. The van der Waals surface area contributed by atoms with Crippen LogP contribution in [-0.4, -0.2) is 56.3 Å². The third-order valence-electron chi connectivity index (χ3n) is 5.32. The van der Waals surface area contributed by atoms with Crippen molar-refractivity contribution in [2.75, 3.05) is 50.2 Å². The van der Waals surface area contributed by atoms with E-state index in [0.717, 1.165) is 53.5 Å². The van der Waals surface area contributed by atoms with Gasteiger partial charge in [-0.1, -0.05) is 0 Å². The van der Waals surface area contributed by atoms with Gasteiger partial charge in [-0.05, 0) is 31.5 Å². The maximum atomic E-state index is 13.5. The summed E-state index contributed by atoms with van der Waals surface area (Å²) < 4.78 is 23.8. The molecule has 9 heteroatoms. The quantitative estimate of drug-likeness (QED) is 0.586. The molecule has 3 aromatic rings. The second-order valence-electron chi connectivity index (χ2n) is 7.11. The summed E-state index contributed by atoms with van der Waals surface area (Å²) in [6, 6.07) is 4.61. The van der Waals surface area contributed by atoms with Crippen molar-refractivity contribution >= 4 is 39.0 Å². The lowest BCUT2D eigenvalue weighted by Gasteiger charge is -2.37. The van der Waals surface area contributed by atoms with E-state index >= 15 is 0 Å². The van der Waals surface area contributed by atoms with E-state index in [-0.39, 0.29) is 11.8 Å². The molecule has 0 N–H and O–H groups in total. The number of methoxy groups -OCH3 is 2. The van der Waals surface area contributed by atoms with Crippen molar-refractivity contribution in [1.29, 1.82) is 0 Å². The van der Waals surface area contributed by atoms with E-state index < -0.39 is 0 Å². The predicted molar refractivity (Wildman–Crippen MR) is 116 cm³/mol. The maximum Gasteiger partial charge on any atom is 0.348 e. The number of carbonyl (C=O) groups is 1. The zero-order valence-electron chi connectivity index (χ0n) is 17.4. The fourth-order valence-electron chi connectivity index (χ4n) is 3.81. The van der Waals surface area contributed by atoms with Crippen LogP contribution in [0.15, 0.2) is 18.2 Å².